The van der Waals surface area contributed by atoms with Gasteiger partial charge in [0.2, 0.25) is 5.91 Å². The summed E-state index contributed by atoms with van der Waals surface area (Å²) in [5.74, 6) is 0.249. The van der Waals surface area contributed by atoms with Crippen LogP contribution in [0.25, 0.3) is 0 Å². The average molecular weight is 362 g/mol. The molecule has 0 radical (unpaired) electrons. The predicted octanol–water partition coefficient (Wildman–Crippen LogP) is 3.20. The summed E-state index contributed by atoms with van der Waals surface area (Å²) in [6.45, 7) is 2.06. The highest BCUT2D eigenvalue weighted by atomic mass is 35.5. The molecule has 1 amide bonds. The summed E-state index contributed by atoms with van der Waals surface area (Å²) >= 11 is 7.33. The van der Waals surface area contributed by atoms with Crippen LogP contribution in [-0.2, 0) is 24.2 Å². The fourth-order valence-corrected chi connectivity index (χ4v) is 4.46. The Labute approximate surface area is 148 Å². The zero-order chi connectivity index (χ0) is 17.3. The first kappa shape index (κ1) is 16.7. The smallest absolute Gasteiger partial charge is 0.251 e. The number of thiophene rings is 1. The Morgan fingerprint density at radius 2 is 2.33 bits per heavy atom. The number of anilines is 1. The number of fused-ring (bicyclic) bond motifs is 1. The van der Waals surface area contributed by atoms with Gasteiger partial charge in [-0.1, -0.05) is 18.5 Å². The molecule has 24 heavy (non-hydrogen) atoms. The molecule has 2 aromatic heterocycles. The van der Waals surface area contributed by atoms with E-state index in [1.807, 2.05) is 0 Å². The fourth-order valence-electron chi connectivity index (χ4n) is 2.90. The molecular formula is C17H16ClN3O2S. The maximum atomic E-state index is 12.3. The molecule has 2 aromatic rings. The number of aromatic nitrogens is 1. The van der Waals surface area contributed by atoms with Gasteiger partial charge in [-0.25, -0.2) is 0 Å². The predicted molar refractivity (Wildman–Crippen MR) is 94.6 cm³/mol. The third kappa shape index (κ3) is 3.37. The SMILES string of the molecule is CC1CCc2c(sc(NC(=O)Cn3cc(Cl)ccc3=O)c2C#N)C1. The first-order valence-corrected chi connectivity index (χ1v) is 8.88. The molecule has 0 aliphatic heterocycles. The van der Waals surface area contributed by atoms with Gasteiger partial charge in [0.15, 0.2) is 0 Å². The van der Waals surface area contributed by atoms with Gasteiger partial charge < -0.3 is 9.88 Å². The number of nitriles is 1. The summed E-state index contributed by atoms with van der Waals surface area (Å²) in [5, 5.41) is 13.2. The Morgan fingerprint density at radius 1 is 1.54 bits per heavy atom. The molecule has 1 aliphatic carbocycles. The van der Waals surface area contributed by atoms with Crippen molar-refractivity contribution in [3.05, 3.63) is 49.7 Å². The lowest BCUT2D eigenvalue weighted by Crippen LogP contribution is -2.26. The van der Waals surface area contributed by atoms with E-state index in [0.717, 1.165) is 24.8 Å². The van der Waals surface area contributed by atoms with Gasteiger partial charge in [0, 0.05) is 17.1 Å². The molecule has 0 saturated carbocycles. The molecule has 1 atom stereocenters. The number of pyridine rings is 1. The summed E-state index contributed by atoms with van der Waals surface area (Å²) in [4.78, 5) is 25.2. The summed E-state index contributed by atoms with van der Waals surface area (Å²) in [5.41, 5.74) is 1.33. The number of rotatable bonds is 3. The first-order chi connectivity index (χ1) is 11.5. The van der Waals surface area contributed by atoms with Crippen LogP contribution in [0.5, 0.6) is 0 Å². The lowest BCUT2D eigenvalue weighted by Gasteiger charge is -2.17. The van der Waals surface area contributed by atoms with Gasteiger partial charge >= 0.3 is 0 Å². The van der Waals surface area contributed by atoms with E-state index in [9.17, 15) is 14.9 Å². The van der Waals surface area contributed by atoms with Gasteiger partial charge in [0.05, 0.1) is 10.6 Å². The minimum atomic E-state index is -0.345. The Morgan fingerprint density at radius 3 is 3.08 bits per heavy atom. The topological polar surface area (TPSA) is 74.9 Å². The number of hydrogen-bond donors (Lipinski definition) is 1. The van der Waals surface area contributed by atoms with Gasteiger partial charge in [0.1, 0.15) is 17.6 Å². The molecular weight excluding hydrogens is 346 g/mol. The number of hydrogen-bond acceptors (Lipinski definition) is 4. The minimum absolute atomic E-state index is 0.136. The summed E-state index contributed by atoms with van der Waals surface area (Å²) in [6, 6.07) is 5.02. The van der Waals surface area contributed by atoms with Gasteiger partial charge in [-0.3, -0.25) is 9.59 Å². The molecule has 0 bridgehead atoms. The van der Waals surface area contributed by atoms with Crippen LogP contribution >= 0.6 is 22.9 Å². The normalized spacial score (nSPS) is 16.3. The second-order valence-corrected chi connectivity index (χ2v) is 7.57. The third-order valence-electron chi connectivity index (χ3n) is 4.14. The molecule has 124 valence electrons. The summed E-state index contributed by atoms with van der Waals surface area (Å²) in [7, 11) is 0. The van der Waals surface area contributed by atoms with Crippen molar-refractivity contribution in [1.82, 2.24) is 4.57 Å². The Hall–Kier alpha value is -2.10. The van der Waals surface area contributed by atoms with Gasteiger partial charge in [0.25, 0.3) is 5.56 Å². The largest absolute Gasteiger partial charge is 0.315 e. The van der Waals surface area contributed by atoms with E-state index in [0.29, 0.717) is 21.5 Å². The Bertz CT molecular complexity index is 894. The zero-order valence-corrected chi connectivity index (χ0v) is 14.7. The molecule has 2 heterocycles. The van der Waals surface area contributed by atoms with Gasteiger partial charge in [-0.05, 0) is 36.8 Å². The summed E-state index contributed by atoms with van der Waals surface area (Å²) < 4.78 is 1.25. The van der Waals surface area contributed by atoms with Crippen molar-refractivity contribution < 1.29 is 4.79 Å². The third-order valence-corrected chi connectivity index (χ3v) is 5.53. The van der Waals surface area contributed by atoms with Crippen molar-refractivity contribution >= 4 is 33.8 Å². The number of amides is 1. The van der Waals surface area contributed by atoms with Crippen LogP contribution in [0.2, 0.25) is 5.02 Å². The van der Waals surface area contributed by atoms with Crippen molar-refractivity contribution in [2.24, 2.45) is 5.92 Å². The molecule has 0 fully saturated rings. The van der Waals surface area contributed by atoms with Crippen molar-refractivity contribution in [2.75, 3.05) is 5.32 Å². The van der Waals surface area contributed by atoms with Crippen molar-refractivity contribution in [3.8, 4) is 6.07 Å². The molecule has 7 heteroatoms. The monoisotopic (exact) mass is 361 g/mol. The van der Waals surface area contributed by atoms with E-state index in [4.69, 9.17) is 11.6 Å². The van der Waals surface area contributed by atoms with Crippen LogP contribution in [0.1, 0.15) is 29.3 Å². The van der Waals surface area contributed by atoms with Crippen molar-refractivity contribution in [3.63, 3.8) is 0 Å². The number of nitrogens with zero attached hydrogens (tertiary/aromatic N) is 2. The van der Waals surface area contributed by atoms with E-state index in [1.54, 1.807) is 0 Å². The highest BCUT2D eigenvalue weighted by molar-refractivity contribution is 7.16. The first-order valence-electron chi connectivity index (χ1n) is 7.68. The number of carbonyl (C=O) groups excluding carboxylic acids is 1. The van der Waals surface area contributed by atoms with Crippen LogP contribution < -0.4 is 10.9 Å². The number of nitrogens with one attached hydrogen (secondary N) is 1. The molecule has 0 aromatic carbocycles. The van der Waals surface area contributed by atoms with E-state index in [-0.39, 0.29) is 18.0 Å². The Balaban J connectivity index is 1.81. The van der Waals surface area contributed by atoms with Crippen LogP contribution in [0.4, 0.5) is 5.00 Å². The van der Waals surface area contributed by atoms with E-state index >= 15 is 0 Å². The maximum absolute atomic E-state index is 12.3. The van der Waals surface area contributed by atoms with Gasteiger partial charge in [-0.2, -0.15) is 5.26 Å². The lowest BCUT2D eigenvalue weighted by molar-refractivity contribution is -0.116. The molecule has 1 aliphatic rings. The average Bonchev–Trinajstić information content (AvgIpc) is 2.86. The molecule has 0 spiro atoms. The number of halogens is 1. The highest BCUT2D eigenvalue weighted by Crippen LogP contribution is 2.39. The quantitative estimate of drug-likeness (QED) is 0.912. The lowest BCUT2D eigenvalue weighted by atomic mass is 9.89. The molecule has 5 nitrogen and oxygen atoms in total. The molecule has 1 N–H and O–H groups in total. The molecule has 1 unspecified atom stereocenters. The molecule has 0 saturated heterocycles. The van der Waals surface area contributed by atoms with E-state index in [2.05, 4.69) is 18.3 Å². The number of carbonyl (C=O) groups is 1. The zero-order valence-electron chi connectivity index (χ0n) is 13.1. The highest BCUT2D eigenvalue weighted by Gasteiger charge is 2.24. The molecule has 3 rings (SSSR count). The van der Waals surface area contributed by atoms with Crippen molar-refractivity contribution in [1.29, 1.82) is 5.26 Å². The summed E-state index contributed by atoms with van der Waals surface area (Å²) in [6.07, 6.45) is 4.30. The maximum Gasteiger partial charge on any atom is 0.251 e. The van der Waals surface area contributed by atoms with Crippen LogP contribution in [0.15, 0.2) is 23.1 Å². The Kier molecular flexibility index (Phi) is 4.74. The minimum Gasteiger partial charge on any atom is -0.315 e. The fraction of sp³-hybridized carbons (Fsp3) is 0.353. The van der Waals surface area contributed by atoms with E-state index < -0.39 is 0 Å². The van der Waals surface area contributed by atoms with Crippen LogP contribution in [0.3, 0.4) is 0 Å². The second-order valence-electron chi connectivity index (χ2n) is 6.03. The van der Waals surface area contributed by atoms with E-state index in [1.165, 1.54) is 39.1 Å². The standard InChI is InChI=1S/C17H16ClN3O2S/c1-10-2-4-12-13(7-19)17(24-14(12)6-10)20-15(22)9-21-8-11(18)3-5-16(21)23/h3,5,8,10H,2,4,6,9H2,1H3,(H,20,22). The van der Waals surface area contributed by atoms with Crippen LogP contribution in [-0.4, -0.2) is 10.5 Å². The van der Waals surface area contributed by atoms with Gasteiger partial charge in [-0.15, -0.1) is 11.3 Å². The van der Waals surface area contributed by atoms with Crippen LogP contribution in [0, 0.1) is 17.2 Å². The second kappa shape index (κ2) is 6.80. The van der Waals surface area contributed by atoms with Crippen molar-refractivity contribution in [2.45, 2.75) is 32.7 Å².